The highest BCUT2D eigenvalue weighted by Gasteiger charge is 2.22. The lowest BCUT2D eigenvalue weighted by Crippen LogP contribution is -2.34. The average Bonchev–Trinajstić information content (AvgIpc) is 2.55. The van der Waals surface area contributed by atoms with Crippen LogP contribution in [0.15, 0.2) is 54.6 Å². The fourth-order valence-electron chi connectivity index (χ4n) is 2.75. The van der Waals surface area contributed by atoms with E-state index in [4.69, 9.17) is 0 Å². The van der Waals surface area contributed by atoms with E-state index in [1.54, 1.807) is 0 Å². The summed E-state index contributed by atoms with van der Waals surface area (Å²) in [7, 11) is 0. The molecule has 0 atom stereocenters. The number of nitrogens with zero attached hydrogens (tertiary/aromatic N) is 1. The summed E-state index contributed by atoms with van der Waals surface area (Å²) >= 11 is 0. The van der Waals surface area contributed by atoms with Crippen LogP contribution in [0.1, 0.15) is 47.0 Å². The molecule has 0 aliphatic heterocycles. The number of amides is 1. The van der Waals surface area contributed by atoms with Crippen LogP contribution in [-0.4, -0.2) is 12.5 Å². The third-order valence-corrected chi connectivity index (χ3v) is 3.98. The Hall–Kier alpha value is -2.09. The van der Waals surface area contributed by atoms with Crippen molar-refractivity contribution in [2.24, 2.45) is 5.41 Å². The smallest absolute Gasteiger partial charge is 0.227 e. The molecular formula is C22H29NO. The molecule has 0 spiro atoms. The highest BCUT2D eigenvalue weighted by molar-refractivity contribution is 5.94. The zero-order chi connectivity index (χ0) is 17.6. The SMILES string of the molecule is CCCCN(C(=O)CC(C)(C)C)c1cccc(-c2ccccc2)c1. The van der Waals surface area contributed by atoms with Gasteiger partial charge in [0.1, 0.15) is 0 Å². The van der Waals surface area contributed by atoms with Crippen LogP contribution in [0.4, 0.5) is 5.69 Å². The van der Waals surface area contributed by atoms with Crippen molar-refractivity contribution in [3.05, 3.63) is 54.6 Å². The summed E-state index contributed by atoms with van der Waals surface area (Å²) in [5, 5.41) is 0. The summed E-state index contributed by atoms with van der Waals surface area (Å²) in [5.74, 6) is 0.209. The minimum atomic E-state index is -0.00140. The van der Waals surface area contributed by atoms with Gasteiger partial charge in [0.25, 0.3) is 0 Å². The van der Waals surface area contributed by atoms with E-state index in [1.807, 2.05) is 35.2 Å². The lowest BCUT2D eigenvalue weighted by Gasteiger charge is -2.27. The van der Waals surface area contributed by atoms with E-state index in [-0.39, 0.29) is 11.3 Å². The number of hydrogen-bond acceptors (Lipinski definition) is 1. The van der Waals surface area contributed by atoms with Gasteiger partial charge in [0, 0.05) is 18.7 Å². The first-order valence-electron chi connectivity index (χ1n) is 8.86. The number of unbranched alkanes of at least 4 members (excludes halogenated alkanes) is 1. The predicted octanol–water partition coefficient (Wildman–Crippen LogP) is 5.92. The van der Waals surface area contributed by atoms with Crippen molar-refractivity contribution in [3.63, 3.8) is 0 Å². The molecule has 0 aliphatic rings. The Kier molecular flexibility index (Phi) is 6.19. The molecule has 2 aromatic rings. The molecule has 0 saturated heterocycles. The maximum Gasteiger partial charge on any atom is 0.227 e. The molecule has 24 heavy (non-hydrogen) atoms. The normalized spacial score (nSPS) is 11.3. The molecule has 128 valence electrons. The van der Waals surface area contributed by atoms with Crippen LogP contribution in [0.5, 0.6) is 0 Å². The molecule has 0 aromatic heterocycles. The number of carbonyl (C=O) groups is 1. The Balaban J connectivity index is 2.30. The van der Waals surface area contributed by atoms with E-state index < -0.39 is 0 Å². The van der Waals surface area contributed by atoms with E-state index in [0.717, 1.165) is 30.6 Å². The minimum absolute atomic E-state index is 0.00140. The molecule has 0 saturated carbocycles. The first-order chi connectivity index (χ1) is 11.4. The number of hydrogen-bond donors (Lipinski definition) is 0. The van der Waals surface area contributed by atoms with Crippen LogP contribution in [0, 0.1) is 5.41 Å². The second-order valence-corrected chi connectivity index (χ2v) is 7.55. The molecule has 0 radical (unpaired) electrons. The summed E-state index contributed by atoms with van der Waals surface area (Å²) in [5.41, 5.74) is 3.33. The molecule has 0 aliphatic carbocycles. The van der Waals surface area contributed by atoms with Crippen LogP contribution in [0.25, 0.3) is 11.1 Å². The van der Waals surface area contributed by atoms with E-state index in [9.17, 15) is 4.79 Å². The Morgan fingerprint density at radius 3 is 2.25 bits per heavy atom. The zero-order valence-electron chi connectivity index (χ0n) is 15.4. The van der Waals surface area contributed by atoms with Crippen molar-refractivity contribution in [2.75, 3.05) is 11.4 Å². The van der Waals surface area contributed by atoms with Crippen LogP contribution in [0.3, 0.4) is 0 Å². The predicted molar refractivity (Wildman–Crippen MR) is 103 cm³/mol. The molecule has 0 unspecified atom stereocenters. The van der Waals surface area contributed by atoms with Crippen molar-refractivity contribution < 1.29 is 4.79 Å². The molecule has 2 nitrogen and oxygen atoms in total. The summed E-state index contributed by atoms with van der Waals surface area (Å²) in [6, 6.07) is 18.6. The fourth-order valence-corrected chi connectivity index (χ4v) is 2.75. The van der Waals surface area contributed by atoms with Crippen LogP contribution in [0.2, 0.25) is 0 Å². The molecule has 0 bridgehead atoms. The van der Waals surface area contributed by atoms with Gasteiger partial charge in [-0.1, -0.05) is 76.6 Å². The largest absolute Gasteiger partial charge is 0.312 e. The number of carbonyl (C=O) groups excluding carboxylic acids is 1. The first kappa shape index (κ1) is 18.3. The van der Waals surface area contributed by atoms with Gasteiger partial charge in [-0.2, -0.15) is 0 Å². The van der Waals surface area contributed by atoms with Crippen molar-refractivity contribution in [2.45, 2.75) is 47.0 Å². The Labute approximate surface area is 146 Å². The van der Waals surface area contributed by atoms with Gasteiger partial charge in [-0.05, 0) is 35.1 Å². The molecular weight excluding hydrogens is 294 g/mol. The average molecular weight is 323 g/mol. The van der Waals surface area contributed by atoms with Gasteiger partial charge >= 0.3 is 0 Å². The lowest BCUT2D eigenvalue weighted by molar-refractivity contribution is -0.120. The van der Waals surface area contributed by atoms with Crippen LogP contribution < -0.4 is 4.90 Å². The molecule has 2 aromatic carbocycles. The van der Waals surface area contributed by atoms with E-state index in [1.165, 1.54) is 5.56 Å². The molecule has 1 amide bonds. The van der Waals surface area contributed by atoms with Crippen molar-refractivity contribution in [1.29, 1.82) is 0 Å². The van der Waals surface area contributed by atoms with Crippen LogP contribution in [-0.2, 0) is 4.79 Å². The Morgan fingerprint density at radius 2 is 1.62 bits per heavy atom. The standard InChI is InChI=1S/C22H29NO/c1-5-6-15-23(21(24)17-22(2,3)4)20-14-10-13-19(16-20)18-11-8-7-9-12-18/h7-14,16H,5-6,15,17H2,1-4H3. The minimum Gasteiger partial charge on any atom is -0.312 e. The van der Waals surface area contributed by atoms with Crippen molar-refractivity contribution in [1.82, 2.24) is 0 Å². The van der Waals surface area contributed by atoms with Gasteiger partial charge in [-0.25, -0.2) is 0 Å². The second-order valence-electron chi connectivity index (χ2n) is 7.55. The summed E-state index contributed by atoms with van der Waals surface area (Å²) in [6.07, 6.45) is 2.66. The third kappa shape index (κ3) is 5.23. The van der Waals surface area contributed by atoms with E-state index >= 15 is 0 Å². The summed E-state index contributed by atoms with van der Waals surface area (Å²) < 4.78 is 0. The third-order valence-electron chi connectivity index (χ3n) is 3.98. The topological polar surface area (TPSA) is 20.3 Å². The molecule has 0 N–H and O–H groups in total. The van der Waals surface area contributed by atoms with Crippen molar-refractivity contribution >= 4 is 11.6 Å². The van der Waals surface area contributed by atoms with Gasteiger partial charge in [0.05, 0.1) is 0 Å². The first-order valence-corrected chi connectivity index (χ1v) is 8.86. The quantitative estimate of drug-likeness (QED) is 0.646. The van der Waals surface area contributed by atoms with Gasteiger partial charge in [0.15, 0.2) is 0 Å². The molecule has 0 heterocycles. The number of rotatable bonds is 6. The molecule has 0 fully saturated rings. The number of anilines is 1. The maximum atomic E-state index is 12.8. The molecule has 2 heteroatoms. The van der Waals surface area contributed by atoms with Crippen molar-refractivity contribution in [3.8, 4) is 11.1 Å². The highest BCUT2D eigenvalue weighted by Crippen LogP contribution is 2.27. The summed E-state index contributed by atoms with van der Waals surface area (Å²) in [4.78, 5) is 14.8. The second kappa shape index (κ2) is 8.14. The Morgan fingerprint density at radius 1 is 0.958 bits per heavy atom. The fraction of sp³-hybridized carbons (Fsp3) is 0.409. The number of benzene rings is 2. The lowest BCUT2D eigenvalue weighted by atomic mass is 9.91. The van der Waals surface area contributed by atoms with E-state index in [0.29, 0.717) is 6.42 Å². The van der Waals surface area contributed by atoms with Gasteiger partial charge in [-0.3, -0.25) is 4.79 Å². The van der Waals surface area contributed by atoms with Gasteiger partial charge in [0.2, 0.25) is 5.91 Å². The van der Waals surface area contributed by atoms with Gasteiger partial charge < -0.3 is 4.90 Å². The zero-order valence-corrected chi connectivity index (χ0v) is 15.4. The van der Waals surface area contributed by atoms with Crippen LogP contribution >= 0.6 is 0 Å². The highest BCUT2D eigenvalue weighted by atomic mass is 16.2. The monoisotopic (exact) mass is 323 g/mol. The van der Waals surface area contributed by atoms with Gasteiger partial charge in [-0.15, -0.1) is 0 Å². The maximum absolute atomic E-state index is 12.8. The van der Waals surface area contributed by atoms with E-state index in [2.05, 4.69) is 52.0 Å². The molecule has 2 rings (SSSR count). The summed E-state index contributed by atoms with van der Waals surface area (Å²) in [6.45, 7) is 9.28. The Bertz CT molecular complexity index is 655.